The van der Waals surface area contributed by atoms with Crippen LogP contribution in [0.2, 0.25) is 0 Å². The highest BCUT2D eigenvalue weighted by molar-refractivity contribution is 6.16. The number of carbonyl (C=O) groups excluding carboxylic acids is 1. The Balaban J connectivity index is 1.30. The van der Waals surface area contributed by atoms with Crippen LogP contribution >= 0.6 is 0 Å². The Bertz CT molecular complexity index is 1310. The lowest BCUT2D eigenvalue weighted by Crippen LogP contribution is -2.22. The predicted octanol–water partition coefficient (Wildman–Crippen LogP) is 6.20. The molecule has 2 aromatic carbocycles. The molecule has 1 heterocycles. The van der Waals surface area contributed by atoms with E-state index in [0.717, 1.165) is 72.6 Å². The monoisotopic (exact) mass is 494 g/mol. The van der Waals surface area contributed by atoms with Crippen LogP contribution in [-0.2, 0) is 11.2 Å². The maximum absolute atomic E-state index is 12.4. The van der Waals surface area contributed by atoms with Gasteiger partial charge >= 0.3 is 0 Å². The topological polar surface area (TPSA) is 90.5 Å². The van der Waals surface area contributed by atoms with Gasteiger partial charge in [0.05, 0.1) is 17.0 Å². The van der Waals surface area contributed by atoms with Crippen molar-refractivity contribution in [2.45, 2.75) is 45.4 Å². The summed E-state index contributed by atoms with van der Waals surface area (Å²) in [6.45, 7) is 1.91. The summed E-state index contributed by atoms with van der Waals surface area (Å²) in [7, 11) is 1.78. The number of para-hydroxylation sites is 1. The van der Waals surface area contributed by atoms with Gasteiger partial charge < -0.3 is 10.5 Å². The maximum atomic E-state index is 12.4. The van der Waals surface area contributed by atoms with Gasteiger partial charge in [0, 0.05) is 18.5 Å². The molecule has 0 aliphatic heterocycles. The van der Waals surface area contributed by atoms with Crippen LogP contribution in [0, 0.1) is 17.3 Å². The van der Waals surface area contributed by atoms with E-state index in [2.05, 4.69) is 15.0 Å². The minimum atomic E-state index is 0.225. The lowest BCUT2D eigenvalue weighted by Gasteiger charge is -2.29. The largest absolute Gasteiger partial charge is 0.457 e. The first-order valence-electron chi connectivity index (χ1n) is 13.1. The number of benzene rings is 2. The number of rotatable bonds is 8. The van der Waals surface area contributed by atoms with E-state index in [9.17, 15) is 4.79 Å². The molecule has 1 unspecified atom stereocenters. The molecule has 2 saturated carbocycles. The van der Waals surface area contributed by atoms with E-state index in [4.69, 9.17) is 10.5 Å². The molecule has 2 fully saturated rings. The number of aliphatic imine (C=N–C) groups is 1. The number of ether oxygens (including phenoxy) is 1. The van der Waals surface area contributed by atoms with Crippen LogP contribution in [0.15, 0.2) is 78.1 Å². The molecule has 6 heteroatoms. The van der Waals surface area contributed by atoms with Gasteiger partial charge in [-0.25, -0.2) is 9.97 Å². The van der Waals surface area contributed by atoms with Crippen LogP contribution in [0.3, 0.4) is 0 Å². The molecule has 2 aliphatic rings. The molecule has 2 aliphatic carbocycles. The highest BCUT2D eigenvalue weighted by atomic mass is 16.5. The average Bonchev–Trinajstić information content (AvgIpc) is 3.62. The molecule has 3 aromatic rings. The third kappa shape index (κ3) is 5.33. The van der Waals surface area contributed by atoms with E-state index in [1.807, 2.05) is 67.6 Å². The first-order valence-corrected chi connectivity index (χ1v) is 13.1. The van der Waals surface area contributed by atoms with E-state index in [1.165, 1.54) is 0 Å². The summed E-state index contributed by atoms with van der Waals surface area (Å²) in [5.41, 5.74) is 10.1. The van der Waals surface area contributed by atoms with Crippen LogP contribution < -0.4 is 10.5 Å². The number of nitrogen functional groups attached to an aromatic ring is 1. The Morgan fingerprint density at radius 1 is 1.08 bits per heavy atom. The minimum absolute atomic E-state index is 0.225. The predicted molar refractivity (Wildman–Crippen MR) is 147 cm³/mol. The second-order valence-corrected chi connectivity index (χ2v) is 10.3. The summed E-state index contributed by atoms with van der Waals surface area (Å²) >= 11 is 0. The smallest absolute Gasteiger partial charge is 0.159 e. The van der Waals surface area contributed by atoms with Gasteiger partial charge in [0.15, 0.2) is 5.78 Å². The van der Waals surface area contributed by atoms with Gasteiger partial charge in [-0.05, 0) is 99.3 Å². The molecule has 190 valence electrons. The van der Waals surface area contributed by atoms with Crippen molar-refractivity contribution in [1.29, 1.82) is 0 Å². The van der Waals surface area contributed by atoms with Crippen LogP contribution in [0.5, 0.6) is 11.5 Å². The molecule has 5 rings (SSSR count). The molecule has 6 nitrogen and oxygen atoms in total. The fourth-order valence-corrected chi connectivity index (χ4v) is 5.85. The summed E-state index contributed by atoms with van der Waals surface area (Å²) in [5, 5.41) is 0. The zero-order valence-corrected chi connectivity index (χ0v) is 21.6. The molecule has 2 N–H and O–H groups in total. The van der Waals surface area contributed by atoms with Crippen molar-refractivity contribution < 1.29 is 9.53 Å². The number of allylic oxidation sites excluding steroid dienone is 2. The Hall–Kier alpha value is -3.80. The van der Waals surface area contributed by atoms with Crippen molar-refractivity contribution in [3.8, 4) is 11.5 Å². The molecule has 37 heavy (non-hydrogen) atoms. The van der Waals surface area contributed by atoms with Gasteiger partial charge in [-0.15, -0.1) is 0 Å². The lowest BCUT2D eigenvalue weighted by molar-refractivity contribution is -0.116. The molecular weight excluding hydrogens is 460 g/mol. The van der Waals surface area contributed by atoms with Crippen molar-refractivity contribution in [3.63, 3.8) is 0 Å². The first kappa shape index (κ1) is 24.9. The molecule has 1 spiro atoms. The normalized spacial score (nSPS) is 23.4. The van der Waals surface area contributed by atoms with Crippen molar-refractivity contribution in [2.24, 2.45) is 22.2 Å². The highest BCUT2D eigenvalue weighted by Gasteiger charge is 2.57. The van der Waals surface area contributed by atoms with Gasteiger partial charge in [-0.1, -0.05) is 24.3 Å². The van der Waals surface area contributed by atoms with E-state index >= 15 is 0 Å². The molecular formula is C31H34N4O2. The van der Waals surface area contributed by atoms with Gasteiger partial charge in [0.1, 0.15) is 23.6 Å². The number of carbonyl (C=O) groups is 1. The maximum Gasteiger partial charge on any atom is 0.159 e. The van der Waals surface area contributed by atoms with E-state index in [-0.39, 0.29) is 11.3 Å². The fraction of sp³-hybridized carbons (Fsp3) is 0.355. The Morgan fingerprint density at radius 3 is 2.46 bits per heavy atom. The van der Waals surface area contributed by atoms with Gasteiger partial charge in [-0.3, -0.25) is 9.79 Å². The minimum Gasteiger partial charge on any atom is -0.457 e. The van der Waals surface area contributed by atoms with E-state index < -0.39 is 0 Å². The van der Waals surface area contributed by atoms with Crippen LogP contribution in [-0.4, -0.2) is 28.5 Å². The number of nitrogens with zero attached hydrogens (tertiary/aromatic N) is 3. The SMILES string of the molecule is CC=CC(=O)C1CC12CCC(Cc1ncnc(N)c1C(=NC)c1ccc(Oc3ccccc3)cc1)CC2. The van der Waals surface area contributed by atoms with E-state index in [0.29, 0.717) is 17.5 Å². The number of ketones is 1. The van der Waals surface area contributed by atoms with E-state index in [1.54, 1.807) is 19.5 Å². The van der Waals surface area contributed by atoms with Crippen LogP contribution in [0.25, 0.3) is 0 Å². The molecule has 0 radical (unpaired) electrons. The number of hydrogen-bond donors (Lipinski definition) is 1. The van der Waals surface area contributed by atoms with Gasteiger partial charge in [0.25, 0.3) is 0 Å². The highest BCUT2D eigenvalue weighted by Crippen LogP contribution is 2.62. The summed E-state index contributed by atoms with van der Waals surface area (Å²) in [6, 6.07) is 17.6. The summed E-state index contributed by atoms with van der Waals surface area (Å²) in [4.78, 5) is 25.9. The number of aromatic nitrogens is 2. The van der Waals surface area contributed by atoms with Crippen molar-refractivity contribution in [3.05, 3.63) is 89.9 Å². The summed E-state index contributed by atoms with van der Waals surface area (Å²) < 4.78 is 5.94. The molecule has 1 atom stereocenters. The first-order chi connectivity index (χ1) is 18.0. The van der Waals surface area contributed by atoms with Crippen LogP contribution in [0.4, 0.5) is 5.82 Å². The Kier molecular flexibility index (Phi) is 7.17. The fourth-order valence-electron chi connectivity index (χ4n) is 5.85. The summed E-state index contributed by atoms with van der Waals surface area (Å²) in [5.74, 6) is 3.03. The molecule has 0 saturated heterocycles. The second-order valence-electron chi connectivity index (χ2n) is 10.3. The van der Waals surface area contributed by atoms with Crippen LogP contribution in [0.1, 0.15) is 55.8 Å². The molecule has 0 bridgehead atoms. The van der Waals surface area contributed by atoms with Crippen molar-refractivity contribution in [2.75, 3.05) is 12.8 Å². The number of anilines is 1. The Labute approximate surface area is 218 Å². The van der Waals surface area contributed by atoms with Crippen molar-refractivity contribution >= 4 is 17.3 Å². The molecule has 1 aromatic heterocycles. The number of hydrogen-bond acceptors (Lipinski definition) is 6. The lowest BCUT2D eigenvalue weighted by atomic mass is 9.76. The zero-order chi connectivity index (χ0) is 25.8. The standard InChI is InChI=1S/C31H34N4O2/c1-3-7-27(36)25-19-31(25)16-14-21(15-17-31)18-26-28(30(32)35-20-34-26)29(33-2)22-10-12-24(13-11-22)37-23-8-5-4-6-9-23/h3-13,20-21,25H,14-19H2,1-2H3,(H2,32,34,35). The average molecular weight is 495 g/mol. The third-order valence-corrected chi connectivity index (χ3v) is 7.97. The Morgan fingerprint density at radius 2 is 1.78 bits per heavy atom. The third-order valence-electron chi connectivity index (χ3n) is 7.97. The number of nitrogens with two attached hydrogens (primary N) is 1. The second kappa shape index (κ2) is 10.7. The summed E-state index contributed by atoms with van der Waals surface area (Å²) in [6.07, 6.45) is 11.5. The molecule has 0 amide bonds. The van der Waals surface area contributed by atoms with Gasteiger partial charge in [0.2, 0.25) is 0 Å². The zero-order valence-electron chi connectivity index (χ0n) is 21.6. The van der Waals surface area contributed by atoms with Crippen molar-refractivity contribution in [1.82, 2.24) is 9.97 Å². The van der Waals surface area contributed by atoms with Gasteiger partial charge in [-0.2, -0.15) is 0 Å². The quantitative estimate of drug-likeness (QED) is 0.297.